The van der Waals surface area contributed by atoms with Crippen LogP contribution in [0.2, 0.25) is 0 Å². The Labute approximate surface area is 109 Å². The lowest BCUT2D eigenvalue weighted by atomic mass is 9.90. The topological polar surface area (TPSA) is 21.6 Å². The van der Waals surface area contributed by atoms with Gasteiger partial charge in [0.05, 0.1) is 0 Å². The molecule has 0 saturated heterocycles. The molecule has 0 spiro atoms. The maximum atomic E-state index is 5.34. The second kappa shape index (κ2) is 7.00. The summed E-state index contributed by atoms with van der Waals surface area (Å²) in [6.45, 7) is 4.28. The van der Waals surface area contributed by atoms with Crippen molar-refractivity contribution in [2.24, 2.45) is 11.1 Å². The number of benzene rings is 1. The summed E-state index contributed by atoms with van der Waals surface area (Å²) in [6.07, 6.45) is 10.4. The number of oxime groups is 1. The first-order valence-electron chi connectivity index (χ1n) is 6.75. The Hall–Kier alpha value is -1.57. The highest BCUT2D eigenvalue weighted by Crippen LogP contribution is 2.21. The maximum absolute atomic E-state index is 5.34. The van der Waals surface area contributed by atoms with Crippen LogP contribution in [0.4, 0.5) is 0 Å². The fourth-order valence-electron chi connectivity index (χ4n) is 2.27. The summed E-state index contributed by atoms with van der Waals surface area (Å²) in [5.41, 5.74) is 2.27. The Morgan fingerprint density at radius 2 is 1.89 bits per heavy atom. The fraction of sp³-hybridized carbons (Fsp3) is 0.438. The molecule has 0 heterocycles. The molecule has 0 N–H and O–H groups in total. The minimum atomic E-state index is 0.542. The molecule has 2 rings (SSSR count). The van der Waals surface area contributed by atoms with E-state index in [0.29, 0.717) is 12.5 Å². The van der Waals surface area contributed by atoms with E-state index in [0.717, 1.165) is 11.1 Å². The largest absolute Gasteiger partial charge is 0.391 e. The molecule has 0 aromatic heterocycles. The molecule has 0 amide bonds. The van der Waals surface area contributed by atoms with E-state index in [1.807, 2.05) is 36.6 Å². The van der Waals surface area contributed by atoms with Crippen LogP contribution in [0.25, 0.3) is 6.08 Å². The molecule has 1 aromatic carbocycles. The van der Waals surface area contributed by atoms with Crippen molar-refractivity contribution in [1.82, 2.24) is 0 Å². The molecule has 2 nitrogen and oxygen atoms in total. The minimum Gasteiger partial charge on any atom is -0.391 e. The Bertz CT molecular complexity index is 388. The molecule has 0 bridgehead atoms. The van der Waals surface area contributed by atoms with E-state index in [4.69, 9.17) is 4.84 Å². The molecule has 1 aliphatic rings. The van der Waals surface area contributed by atoms with Gasteiger partial charge < -0.3 is 4.84 Å². The van der Waals surface area contributed by atoms with Crippen molar-refractivity contribution in [2.75, 3.05) is 0 Å². The van der Waals surface area contributed by atoms with E-state index < -0.39 is 0 Å². The van der Waals surface area contributed by atoms with Crippen LogP contribution in [-0.2, 0) is 11.4 Å². The third-order valence-electron chi connectivity index (χ3n) is 3.44. The molecular formula is C16H21NO. The summed E-state index contributed by atoms with van der Waals surface area (Å²) in [5.74, 6) is 0.627. The summed E-state index contributed by atoms with van der Waals surface area (Å²) in [5, 5.41) is 4.09. The summed E-state index contributed by atoms with van der Waals surface area (Å²) in [4.78, 5) is 5.34. The van der Waals surface area contributed by atoms with Crippen molar-refractivity contribution in [1.29, 1.82) is 0 Å². The van der Waals surface area contributed by atoms with Gasteiger partial charge >= 0.3 is 0 Å². The number of hydrogen-bond acceptors (Lipinski definition) is 2. The van der Waals surface area contributed by atoms with Crippen LogP contribution in [0.3, 0.4) is 0 Å². The van der Waals surface area contributed by atoms with Gasteiger partial charge in [-0.05, 0) is 29.9 Å². The van der Waals surface area contributed by atoms with Gasteiger partial charge in [-0.15, -0.1) is 0 Å². The zero-order chi connectivity index (χ0) is 12.6. The third-order valence-corrected chi connectivity index (χ3v) is 3.44. The van der Waals surface area contributed by atoms with E-state index in [-0.39, 0.29) is 0 Å². The molecule has 1 fully saturated rings. The standard InChI is InChI=1S/C16H21NO/c1-2-14-8-10-16(11-9-14)13-18-17-12-15-6-4-3-5-7-15/h2,8-12,15H,1,3-7,13H2. The van der Waals surface area contributed by atoms with Crippen LogP contribution in [0.1, 0.15) is 43.2 Å². The lowest BCUT2D eigenvalue weighted by Crippen LogP contribution is -2.07. The van der Waals surface area contributed by atoms with Gasteiger partial charge in [-0.25, -0.2) is 0 Å². The first kappa shape index (κ1) is 12.9. The second-order valence-corrected chi connectivity index (χ2v) is 4.87. The molecule has 0 aliphatic heterocycles. The zero-order valence-electron chi connectivity index (χ0n) is 10.8. The van der Waals surface area contributed by atoms with E-state index in [1.54, 1.807) is 0 Å². The SMILES string of the molecule is C=Cc1ccc(CON=CC2CCCCC2)cc1. The first-order valence-corrected chi connectivity index (χ1v) is 6.75. The van der Waals surface area contributed by atoms with Gasteiger partial charge in [0.25, 0.3) is 0 Å². The van der Waals surface area contributed by atoms with Crippen molar-refractivity contribution < 1.29 is 4.84 Å². The highest BCUT2D eigenvalue weighted by atomic mass is 16.6. The zero-order valence-corrected chi connectivity index (χ0v) is 10.8. The van der Waals surface area contributed by atoms with E-state index in [9.17, 15) is 0 Å². The molecule has 1 saturated carbocycles. The predicted molar refractivity (Wildman–Crippen MR) is 76.4 cm³/mol. The van der Waals surface area contributed by atoms with Crippen molar-refractivity contribution >= 4 is 12.3 Å². The van der Waals surface area contributed by atoms with Gasteiger partial charge in [0, 0.05) is 6.21 Å². The Balaban J connectivity index is 1.73. The van der Waals surface area contributed by atoms with Gasteiger partial charge in [-0.2, -0.15) is 0 Å². The normalized spacial score (nSPS) is 16.9. The van der Waals surface area contributed by atoms with Gasteiger partial charge in [0.15, 0.2) is 0 Å². The van der Waals surface area contributed by atoms with Crippen molar-refractivity contribution in [3.05, 3.63) is 42.0 Å². The minimum absolute atomic E-state index is 0.542. The highest BCUT2D eigenvalue weighted by molar-refractivity contribution is 5.59. The van der Waals surface area contributed by atoms with E-state index >= 15 is 0 Å². The molecule has 2 heteroatoms. The molecular weight excluding hydrogens is 222 g/mol. The molecule has 0 radical (unpaired) electrons. The smallest absolute Gasteiger partial charge is 0.142 e. The Morgan fingerprint density at radius 1 is 1.17 bits per heavy atom. The number of hydrogen-bond donors (Lipinski definition) is 0. The molecule has 96 valence electrons. The molecule has 1 aliphatic carbocycles. The summed E-state index contributed by atoms with van der Waals surface area (Å²) < 4.78 is 0. The van der Waals surface area contributed by atoms with Gasteiger partial charge in [-0.1, -0.05) is 61.3 Å². The molecule has 18 heavy (non-hydrogen) atoms. The maximum Gasteiger partial charge on any atom is 0.142 e. The van der Waals surface area contributed by atoms with E-state index in [2.05, 4.69) is 11.7 Å². The van der Waals surface area contributed by atoms with Crippen molar-refractivity contribution in [2.45, 2.75) is 38.7 Å². The van der Waals surface area contributed by atoms with Crippen molar-refractivity contribution in [3.63, 3.8) is 0 Å². The van der Waals surface area contributed by atoms with Crippen LogP contribution >= 0.6 is 0 Å². The summed E-state index contributed by atoms with van der Waals surface area (Å²) in [7, 11) is 0. The summed E-state index contributed by atoms with van der Waals surface area (Å²) in [6, 6.07) is 8.17. The van der Waals surface area contributed by atoms with Crippen molar-refractivity contribution in [3.8, 4) is 0 Å². The third kappa shape index (κ3) is 4.02. The highest BCUT2D eigenvalue weighted by Gasteiger charge is 2.10. The number of rotatable bonds is 5. The van der Waals surface area contributed by atoms with Crippen LogP contribution in [0.15, 0.2) is 36.0 Å². The predicted octanol–water partition coefficient (Wildman–Crippen LogP) is 4.41. The average molecular weight is 243 g/mol. The number of nitrogens with zero attached hydrogens (tertiary/aromatic N) is 1. The first-order chi connectivity index (χ1) is 8.88. The lowest BCUT2D eigenvalue weighted by Gasteiger charge is -2.16. The van der Waals surface area contributed by atoms with Crippen LogP contribution < -0.4 is 0 Å². The lowest BCUT2D eigenvalue weighted by molar-refractivity contribution is 0.130. The Kier molecular flexibility index (Phi) is 5.00. The van der Waals surface area contributed by atoms with Crippen LogP contribution in [0.5, 0.6) is 0 Å². The molecule has 1 aromatic rings. The fourth-order valence-corrected chi connectivity index (χ4v) is 2.27. The quantitative estimate of drug-likeness (QED) is 0.554. The van der Waals surface area contributed by atoms with Gasteiger partial charge in [-0.3, -0.25) is 0 Å². The van der Waals surface area contributed by atoms with E-state index in [1.165, 1.54) is 32.1 Å². The van der Waals surface area contributed by atoms with Crippen LogP contribution in [0, 0.1) is 5.92 Å². The average Bonchev–Trinajstić information content (AvgIpc) is 2.45. The molecule has 0 unspecified atom stereocenters. The second-order valence-electron chi connectivity index (χ2n) is 4.87. The van der Waals surface area contributed by atoms with Crippen LogP contribution in [-0.4, -0.2) is 6.21 Å². The monoisotopic (exact) mass is 243 g/mol. The molecule has 0 atom stereocenters. The van der Waals surface area contributed by atoms with Gasteiger partial charge in [0.1, 0.15) is 6.61 Å². The van der Waals surface area contributed by atoms with Gasteiger partial charge in [0.2, 0.25) is 0 Å². The summed E-state index contributed by atoms with van der Waals surface area (Å²) >= 11 is 0. The Morgan fingerprint density at radius 3 is 2.56 bits per heavy atom.